The highest BCUT2D eigenvalue weighted by atomic mass is 32.2. The molecule has 0 aliphatic carbocycles. The number of hydrogen-bond donors (Lipinski definition) is 2. The highest BCUT2D eigenvalue weighted by Crippen LogP contribution is 2.11. The Morgan fingerprint density at radius 1 is 1.50 bits per heavy atom. The van der Waals surface area contributed by atoms with Crippen LogP contribution in [0.3, 0.4) is 0 Å². The standard InChI is InChI=1S/C8H14O7S/c1-7(10)3-4-8(2,11)5-16(12,13)15-14-6-9/h3-4,6-7,10-11H,5H2,1-2H3/b4-3+. The second-order valence-electron chi connectivity index (χ2n) is 3.42. The fraction of sp³-hybridized carbons (Fsp3) is 0.625. The highest BCUT2D eigenvalue weighted by molar-refractivity contribution is 7.86. The van der Waals surface area contributed by atoms with E-state index >= 15 is 0 Å². The molecule has 0 amide bonds. The van der Waals surface area contributed by atoms with Gasteiger partial charge in [0.2, 0.25) is 0 Å². The lowest BCUT2D eigenvalue weighted by Gasteiger charge is -2.17. The fourth-order valence-corrected chi connectivity index (χ4v) is 1.86. The third-order valence-corrected chi connectivity index (χ3v) is 2.61. The molecule has 0 spiro atoms. The Balaban J connectivity index is 4.51. The summed E-state index contributed by atoms with van der Waals surface area (Å²) in [6.07, 6.45) is 1.51. The quantitative estimate of drug-likeness (QED) is 0.262. The number of rotatable bonds is 7. The van der Waals surface area contributed by atoms with Gasteiger partial charge in [-0.15, -0.1) is 0 Å². The second kappa shape index (κ2) is 5.94. The number of carbonyl (C=O) groups is 1. The molecule has 7 nitrogen and oxygen atoms in total. The molecule has 0 bridgehead atoms. The van der Waals surface area contributed by atoms with Gasteiger partial charge in [0.25, 0.3) is 0 Å². The molecule has 0 rings (SSSR count). The molecule has 0 heterocycles. The van der Waals surface area contributed by atoms with Crippen molar-refractivity contribution in [3.8, 4) is 0 Å². The van der Waals surface area contributed by atoms with Gasteiger partial charge in [-0.1, -0.05) is 16.5 Å². The van der Waals surface area contributed by atoms with Crippen LogP contribution in [0, 0.1) is 0 Å². The molecule has 0 saturated carbocycles. The summed E-state index contributed by atoms with van der Waals surface area (Å²) in [5.74, 6) is -0.808. The topological polar surface area (TPSA) is 110 Å². The van der Waals surface area contributed by atoms with Crippen LogP contribution in [0.1, 0.15) is 13.8 Å². The molecule has 0 aromatic heterocycles. The van der Waals surface area contributed by atoms with Crippen molar-refractivity contribution >= 4 is 16.6 Å². The first kappa shape index (κ1) is 15.0. The van der Waals surface area contributed by atoms with Crippen molar-refractivity contribution in [2.75, 3.05) is 5.75 Å². The van der Waals surface area contributed by atoms with Crippen molar-refractivity contribution in [1.82, 2.24) is 0 Å². The molecule has 0 radical (unpaired) electrons. The summed E-state index contributed by atoms with van der Waals surface area (Å²) < 4.78 is 25.9. The zero-order chi connectivity index (χ0) is 12.8. The van der Waals surface area contributed by atoms with E-state index in [0.717, 1.165) is 6.08 Å². The lowest BCUT2D eigenvalue weighted by Crippen LogP contribution is -2.32. The van der Waals surface area contributed by atoms with Crippen LogP contribution in [0.15, 0.2) is 12.2 Å². The Labute approximate surface area is 93.3 Å². The maximum Gasteiger partial charge on any atom is 0.332 e. The molecule has 2 atom stereocenters. The summed E-state index contributed by atoms with van der Waals surface area (Å²) in [6, 6.07) is 0. The van der Waals surface area contributed by atoms with Crippen LogP contribution < -0.4 is 0 Å². The van der Waals surface area contributed by atoms with E-state index in [1.54, 1.807) is 0 Å². The first-order valence-corrected chi connectivity index (χ1v) is 5.87. The summed E-state index contributed by atoms with van der Waals surface area (Å²) >= 11 is 0. The van der Waals surface area contributed by atoms with E-state index in [-0.39, 0.29) is 6.47 Å². The molecule has 0 aliphatic rings. The molecule has 0 aliphatic heterocycles. The number of aliphatic hydroxyl groups is 2. The van der Waals surface area contributed by atoms with Crippen molar-refractivity contribution in [2.24, 2.45) is 0 Å². The average Bonchev–Trinajstić information content (AvgIpc) is 2.10. The Hall–Kier alpha value is -0.960. The lowest BCUT2D eigenvalue weighted by atomic mass is 10.1. The SMILES string of the molecule is CC(O)/C=C/C(C)(O)CS(=O)(=O)OOC=O. The van der Waals surface area contributed by atoms with Crippen LogP contribution in [0.4, 0.5) is 0 Å². The van der Waals surface area contributed by atoms with Crippen LogP contribution >= 0.6 is 0 Å². The molecule has 0 aromatic rings. The smallest absolute Gasteiger partial charge is 0.332 e. The van der Waals surface area contributed by atoms with Gasteiger partial charge >= 0.3 is 16.6 Å². The largest absolute Gasteiger partial charge is 0.389 e. The minimum Gasteiger partial charge on any atom is -0.389 e. The maximum absolute atomic E-state index is 11.1. The summed E-state index contributed by atoms with van der Waals surface area (Å²) in [6.45, 7) is 2.44. The zero-order valence-corrected chi connectivity index (χ0v) is 9.68. The van der Waals surface area contributed by atoms with Crippen molar-refractivity contribution in [3.05, 3.63) is 12.2 Å². The molecule has 2 N–H and O–H groups in total. The number of hydrogen-bond acceptors (Lipinski definition) is 7. The Bertz CT molecular complexity index is 341. The molecule has 0 fully saturated rings. The van der Waals surface area contributed by atoms with E-state index in [0.29, 0.717) is 0 Å². The highest BCUT2D eigenvalue weighted by Gasteiger charge is 2.27. The van der Waals surface area contributed by atoms with Gasteiger partial charge in [-0.3, -0.25) is 9.68 Å². The van der Waals surface area contributed by atoms with Crippen molar-refractivity contribution in [1.29, 1.82) is 0 Å². The Kier molecular flexibility index (Phi) is 5.59. The van der Waals surface area contributed by atoms with Gasteiger partial charge in [-0.05, 0) is 13.8 Å². The Morgan fingerprint density at radius 3 is 2.50 bits per heavy atom. The van der Waals surface area contributed by atoms with Gasteiger partial charge < -0.3 is 10.2 Å². The molecule has 2 unspecified atom stereocenters. The van der Waals surface area contributed by atoms with Crippen LogP contribution in [-0.4, -0.2) is 42.6 Å². The van der Waals surface area contributed by atoms with Crippen molar-refractivity contribution in [3.63, 3.8) is 0 Å². The number of aliphatic hydroxyl groups excluding tert-OH is 1. The van der Waals surface area contributed by atoms with E-state index < -0.39 is 27.6 Å². The van der Waals surface area contributed by atoms with Gasteiger partial charge in [0.15, 0.2) is 0 Å². The van der Waals surface area contributed by atoms with Gasteiger partial charge in [0, 0.05) is 0 Å². The minimum atomic E-state index is -4.19. The molecular formula is C8H14O7S. The normalized spacial score (nSPS) is 18.0. The van der Waals surface area contributed by atoms with Gasteiger partial charge in [-0.2, -0.15) is 8.42 Å². The molecule has 94 valence electrons. The van der Waals surface area contributed by atoms with Crippen LogP contribution in [0.25, 0.3) is 0 Å². The third-order valence-electron chi connectivity index (χ3n) is 1.39. The zero-order valence-electron chi connectivity index (χ0n) is 8.86. The van der Waals surface area contributed by atoms with Gasteiger partial charge in [0.05, 0.1) is 11.7 Å². The van der Waals surface area contributed by atoms with Crippen molar-refractivity contribution < 1.29 is 32.6 Å². The molecule has 16 heavy (non-hydrogen) atoms. The molecule has 0 aromatic carbocycles. The Morgan fingerprint density at radius 2 is 2.06 bits per heavy atom. The monoisotopic (exact) mass is 254 g/mol. The third kappa shape index (κ3) is 7.35. The summed E-state index contributed by atoms with van der Waals surface area (Å²) in [5, 5.41) is 18.5. The molecular weight excluding hydrogens is 240 g/mol. The summed E-state index contributed by atoms with van der Waals surface area (Å²) in [7, 11) is -4.19. The van der Waals surface area contributed by atoms with E-state index in [9.17, 15) is 18.3 Å². The van der Waals surface area contributed by atoms with Crippen molar-refractivity contribution in [2.45, 2.75) is 25.6 Å². The van der Waals surface area contributed by atoms with E-state index in [1.807, 2.05) is 0 Å². The summed E-state index contributed by atoms with van der Waals surface area (Å²) in [4.78, 5) is 13.3. The predicted octanol–water partition coefficient (Wildman–Crippen LogP) is -0.891. The van der Waals surface area contributed by atoms with E-state index in [1.165, 1.54) is 19.9 Å². The first-order valence-electron chi connectivity index (χ1n) is 4.29. The van der Waals surface area contributed by atoms with Crippen LogP contribution in [0.2, 0.25) is 0 Å². The summed E-state index contributed by atoms with van der Waals surface area (Å²) in [5.41, 5.74) is -1.73. The van der Waals surface area contributed by atoms with E-state index in [4.69, 9.17) is 5.11 Å². The maximum atomic E-state index is 11.1. The average molecular weight is 254 g/mol. The predicted molar refractivity (Wildman–Crippen MR) is 53.5 cm³/mol. The van der Waals surface area contributed by atoms with Gasteiger partial charge in [-0.25, -0.2) is 0 Å². The number of carbonyl (C=O) groups excluding carboxylic acids is 1. The van der Waals surface area contributed by atoms with Crippen LogP contribution in [0.5, 0.6) is 0 Å². The first-order chi connectivity index (χ1) is 7.18. The molecule has 8 heteroatoms. The minimum absolute atomic E-state index is 0.197. The van der Waals surface area contributed by atoms with Gasteiger partial charge in [0.1, 0.15) is 5.75 Å². The molecule has 0 saturated heterocycles. The second-order valence-corrected chi connectivity index (χ2v) is 4.96. The lowest BCUT2D eigenvalue weighted by molar-refractivity contribution is -0.194. The van der Waals surface area contributed by atoms with E-state index in [2.05, 4.69) is 9.22 Å². The van der Waals surface area contributed by atoms with Crippen LogP contribution in [-0.2, 0) is 24.1 Å². The fourth-order valence-electron chi connectivity index (χ4n) is 0.853.